The lowest BCUT2D eigenvalue weighted by molar-refractivity contribution is -0.133. The van der Waals surface area contributed by atoms with Gasteiger partial charge < -0.3 is 10.6 Å². The molecule has 0 spiro atoms. The van der Waals surface area contributed by atoms with E-state index in [0.29, 0.717) is 0 Å². The van der Waals surface area contributed by atoms with Crippen LogP contribution >= 0.6 is 0 Å². The van der Waals surface area contributed by atoms with Crippen LogP contribution in [0.1, 0.15) is 36.4 Å². The molecule has 1 aliphatic carbocycles. The number of carbonyl (C=O) groups is 2. The first kappa shape index (κ1) is 20.1. The number of hydrogen-bond donors (Lipinski definition) is 1. The molecule has 1 aromatic carbocycles. The van der Waals surface area contributed by atoms with Gasteiger partial charge in [-0.2, -0.15) is 5.26 Å². The second-order valence-corrected chi connectivity index (χ2v) is 6.98. The van der Waals surface area contributed by atoms with Gasteiger partial charge in [0.2, 0.25) is 11.8 Å². The summed E-state index contributed by atoms with van der Waals surface area (Å²) in [7, 11) is 0. The van der Waals surface area contributed by atoms with E-state index in [9.17, 15) is 24.4 Å². The molecule has 1 heterocycles. The van der Waals surface area contributed by atoms with E-state index in [1.165, 1.54) is 15.7 Å². The van der Waals surface area contributed by atoms with Crippen LogP contribution in [-0.4, -0.2) is 32.4 Å². The van der Waals surface area contributed by atoms with Crippen LogP contribution in [0.4, 0.5) is 0 Å². The molecule has 9 nitrogen and oxygen atoms in total. The van der Waals surface area contributed by atoms with Crippen molar-refractivity contribution in [1.29, 1.82) is 5.26 Å². The molecule has 2 aromatic rings. The van der Waals surface area contributed by atoms with Gasteiger partial charge in [0.15, 0.2) is 0 Å². The van der Waals surface area contributed by atoms with Crippen molar-refractivity contribution in [2.24, 2.45) is 5.73 Å². The maximum Gasteiger partial charge on any atom is 0.331 e. The molecule has 0 aliphatic heterocycles. The lowest BCUT2D eigenvalue weighted by Crippen LogP contribution is -2.45. The monoisotopic (exact) mass is 395 g/mol. The molecule has 9 heteroatoms. The van der Waals surface area contributed by atoms with Crippen molar-refractivity contribution in [3.63, 3.8) is 0 Å². The summed E-state index contributed by atoms with van der Waals surface area (Å²) in [5.41, 5.74) is 4.45. The van der Waals surface area contributed by atoms with Crippen LogP contribution in [0, 0.1) is 11.3 Å². The molecule has 1 aromatic heterocycles. The summed E-state index contributed by atoms with van der Waals surface area (Å²) in [6.07, 6.45) is 2.79. The van der Waals surface area contributed by atoms with Gasteiger partial charge in [-0.1, -0.05) is 30.3 Å². The van der Waals surface area contributed by atoms with Gasteiger partial charge in [0.05, 0.1) is 0 Å². The Morgan fingerprint density at radius 2 is 1.90 bits per heavy atom. The summed E-state index contributed by atoms with van der Waals surface area (Å²) in [4.78, 5) is 50.7. The van der Waals surface area contributed by atoms with Crippen LogP contribution in [-0.2, 0) is 22.7 Å². The van der Waals surface area contributed by atoms with Crippen molar-refractivity contribution in [2.75, 3.05) is 6.54 Å². The van der Waals surface area contributed by atoms with Gasteiger partial charge >= 0.3 is 5.69 Å². The van der Waals surface area contributed by atoms with Crippen LogP contribution in [0.25, 0.3) is 0 Å². The fraction of sp³-hybridized carbons (Fsp3) is 0.350. The van der Waals surface area contributed by atoms with Crippen molar-refractivity contribution < 1.29 is 9.59 Å². The number of aromatic nitrogens is 2. The Balaban J connectivity index is 1.90. The highest BCUT2D eigenvalue weighted by molar-refractivity contribution is 5.78. The van der Waals surface area contributed by atoms with E-state index < -0.39 is 29.6 Å². The second kappa shape index (κ2) is 8.56. The van der Waals surface area contributed by atoms with Crippen LogP contribution in [0.5, 0.6) is 0 Å². The minimum Gasteiger partial charge on any atom is -0.370 e. The first-order chi connectivity index (χ1) is 13.9. The van der Waals surface area contributed by atoms with Crippen molar-refractivity contribution >= 4 is 11.8 Å². The molecular weight excluding hydrogens is 374 g/mol. The number of nitriles is 1. The van der Waals surface area contributed by atoms with Crippen molar-refractivity contribution in [3.8, 4) is 6.07 Å². The van der Waals surface area contributed by atoms with Gasteiger partial charge in [-0.3, -0.25) is 19.0 Å². The van der Waals surface area contributed by atoms with Crippen molar-refractivity contribution in [1.82, 2.24) is 14.0 Å². The van der Waals surface area contributed by atoms with E-state index in [1.807, 2.05) is 30.3 Å². The SMILES string of the molecule is N#Cc1cn(C2CC2)c(=O)n(CC(=O)N(CCC(N)=O)Cc2ccccc2)c1=O. The predicted molar refractivity (Wildman–Crippen MR) is 104 cm³/mol. The second-order valence-electron chi connectivity index (χ2n) is 6.98. The molecule has 1 saturated carbocycles. The third-order valence-corrected chi connectivity index (χ3v) is 4.75. The summed E-state index contributed by atoms with van der Waals surface area (Å²) in [6.45, 7) is -0.242. The van der Waals surface area contributed by atoms with Crippen LogP contribution in [0.2, 0.25) is 0 Å². The fourth-order valence-corrected chi connectivity index (χ4v) is 3.03. The Labute approximate surface area is 166 Å². The number of rotatable bonds is 8. The highest BCUT2D eigenvalue weighted by atomic mass is 16.2. The highest BCUT2D eigenvalue weighted by Crippen LogP contribution is 2.33. The molecule has 150 valence electrons. The molecule has 0 unspecified atom stereocenters. The molecule has 3 rings (SSSR count). The third kappa shape index (κ3) is 4.79. The first-order valence-corrected chi connectivity index (χ1v) is 9.26. The third-order valence-electron chi connectivity index (χ3n) is 4.75. The van der Waals surface area contributed by atoms with E-state index in [1.54, 1.807) is 6.07 Å². The van der Waals surface area contributed by atoms with E-state index in [4.69, 9.17) is 5.73 Å². The zero-order valence-electron chi connectivity index (χ0n) is 15.8. The minimum absolute atomic E-state index is 0.0436. The number of hydrogen-bond acceptors (Lipinski definition) is 5. The van der Waals surface area contributed by atoms with E-state index in [2.05, 4.69) is 0 Å². The lowest BCUT2D eigenvalue weighted by atomic mass is 10.2. The Morgan fingerprint density at radius 1 is 1.21 bits per heavy atom. The summed E-state index contributed by atoms with van der Waals surface area (Å²) in [5, 5.41) is 9.22. The topological polar surface area (TPSA) is 131 Å². The van der Waals surface area contributed by atoms with E-state index in [-0.39, 0.29) is 31.1 Å². The standard InChI is InChI=1S/C20H21N5O4/c21-10-15-12-24(16-6-7-16)20(29)25(19(15)28)13-18(27)23(9-8-17(22)26)11-14-4-2-1-3-5-14/h1-5,12,16H,6-9,11,13H2,(H2,22,26). The van der Waals surface area contributed by atoms with E-state index in [0.717, 1.165) is 23.0 Å². The largest absolute Gasteiger partial charge is 0.370 e. The van der Waals surface area contributed by atoms with E-state index >= 15 is 0 Å². The molecule has 29 heavy (non-hydrogen) atoms. The van der Waals surface area contributed by atoms with Crippen LogP contribution in [0.15, 0.2) is 46.1 Å². The molecule has 2 N–H and O–H groups in total. The first-order valence-electron chi connectivity index (χ1n) is 9.26. The summed E-state index contributed by atoms with van der Waals surface area (Å²) in [5.74, 6) is -1.07. The zero-order valence-corrected chi connectivity index (χ0v) is 15.8. The summed E-state index contributed by atoms with van der Waals surface area (Å²) >= 11 is 0. The molecule has 0 bridgehead atoms. The van der Waals surface area contributed by atoms with Gasteiger partial charge in [-0.25, -0.2) is 9.36 Å². The maximum absolute atomic E-state index is 12.9. The molecule has 1 aliphatic rings. The Hall–Kier alpha value is -3.67. The van der Waals surface area contributed by atoms with Gasteiger partial charge in [0.25, 0.3) is 5.56 Å². The van der Waals surface area contributed by atoms with Crippen LogP contribution in [0.3, 0.4) is 0 Å². The van der Waals surface area contributed by atoms with Crippen molar-refractivity contribution in [3.05, 3.63) is 68.5 Å². The average molecular weight is 395 g/mol. The molecule has 0 atom stereocenters. The number of benzene rings is 1. The van der Waals surface area contributed by atoms with Gasteiger partial charge in [-0.05, 0) is 18.4 Å². The summed E-state index contributed by atoms with van der Waals surface area (Å²) < 4.78 is 2.14. The highest BCUT2D eigenvalue weighted by Gasteiger charge is 2.28. The smallest absolute Gasteiger partial charge is 0.331 e. The molecule has 0 saturated heterocycles. The normalized spacial score (nSPS) is 12.9. The zero-order chi connectivity index (χ0) is 21.0. The number of nitrogens with two attached hydrogens (primary N) is 1. The predicted octanol–water partition coefficient (Wildman–Crippen LogP) is 0.121. The molecule has 2 amide bonds. The van der Waals surface area contributed by atoms with Gasteiger partial charge in [-0.15, -0.1) is 0 Å². The number of primary amides is 1. The minimum atomic E-state index is -0.794. The van der Waals surface area contributed by atoms with Crippen molar-refractivity contribution in [2.45, 2.75) is 38.4 Å². The average Bonchev–Trinajstić information content (AvgIpc) is 3.54. The molecule has 1 fully saturated rings. The Kier molecular flexibility index (Phi) is 5.93. The molecule has 0 radical (unpaired) electrons. The summed E-state index contributed by atoms with van der Waals surface area (Å²) in [6, 6.07) is 10.9. The van der Waals surface area contributed by atoms with Gasteiger partial charge in [0, 0.05) is 31.7 Å². The fourth-order valence-electron chi connectivity index (χ4n) is 3.03. The Bertz CT molecular complexity index is 1080. The van der Waals surface area contributed by atoms with Gasteiger partial charge in [0.1, 0.15) is 18.2 Å². The molecular formula is C20H21N5O4. The number of carbonyl (C=O) groups excluding carboxylic acids is 2. The number of amides is 2. The number of nitrogens with zero attached hydrogens (tertiary/aromatic N) is 4. The Morgan fingerprint density at radius 3 is 2.48 bits per heavy atom. The maximum atomic E-state index is 12.9. The quantitative estimate of drug-likeness (QED) is 0.678. The van der Waals surface area contributed by atoms with Crippen LogP contribution < -0.4 is 17.0 Å². The lowest BCUT2D eigenvalue weighted by Gasteiger charge is -2.23.